The maximum absolute atomic E-state index is 11.9. The van der Waals surface area contributed by atoms with Gasteiger partial charge in [0.15, 0.2) is 0 Å². The van der Waals surface area contributed by atoms with Crippen LogP contribution in [-0.2, 0) is 0 Å². The molecule has 1 heterocycles. The smallest absolute Gasteiger partial charge is 0.369 e. The van der Waals surface area contributed by atoms with Crippen LogP contribution < -0.4 is 5.32 Å². The molecule has 0 radical (unpaired) electrons. The molecule has 0 aliphatic rings. The number of hydrogen-bond acceptors (Lipinski definition) is 3. The van der Waals surface area contributed by atoms with E-state index in [1.807, 2.05) is 24.3 Å². The molecule has 3 nitrogen and oxygen atoms in total. The van der Waals surface area contributed by atoms with E-state index in [-0.39, 0.29) is 13.0 Å². The van der Waals surface area contributed by atoms with Gasteiger partial charge in [0.05, 0.1) is 17.2 Å². The second-order valence-electron chi connectivity index (χ2n) is 3.89. The average Bonchev–Trinajstić information content (AvgIpc) is 2.33. The van der Waals surface area contributed by atoms with Crippen molar-refractivity contribution < 1.29 is 13.2 Å². The van der Waals surface area contributed by atoms with Crippen LogP contribution in [0, 0.1) is 0 Å². The van der Waals surface area contributed by atoms with E-state index in [2.05, 4.69) is 15.3 Å². The van der Waals surface area contributed by atoms with Crippen molar-refractivity contribution in [3.8, 4) is 0 Å². The lowest BCUT2D eigenvalue weighted by molar-refractivity contribution is -0.134. The maximum atomic E-state index is 11.9. The number of aromatic nitrogens is 2. The molecule has 1 N–H and O–H groups in total. The van der Waals surface area contributed by atoms with Crippen LogP contribution in [-0.4, -0.2) is 22.7 Å². The van der Waals surface area contributed by atoms with E-state index < -0.39 is 12.6 Å². The summed E-state index contributed by atoms with van der Waals surface area (Å²) in [4.78, 5) is 8.42. The lowest BCUT2D eigenvalue weighted by atomic mass is 10.3. The first-order valence-electron chi connectivity index (χ1n) is 5.57. The highest BCUT2D eigenvalue weighted by Gasteiger charge is 2.25. The summed E-state index contributed by atoms with van der Waals surface area (Å²) in [6.45, 7) is 0.229. The number of hydrogen-bond donors (Lipinski definition) is 1. The van der Waals surface area contributed by atoms with Gasteiger partial charge >= 0.3 is 6.18 Å². The average molecular weight is 255 g/mol. The van der Waals surface area contributed by atoms with Gasteiger partial charge in [0.2, 0.25) is 0 Å². The molecule has 0 saturated heterocycles. The lowest BCUT2D eigenvalue weighted by Crippen LogP contribution is -2.11. The van der Waals surface area contributed by atoms with E-state index >= 15 is 0 Å². The first kappa shape index (κ1) is 12.6. The Morgan fingerprint density at radius 1 is 1.11 bits per heavy atom. The standard InChI is InChI=1S/C12H12F3N3/c13-12(14,15)6-3-7-16-11-8-17-9-4-1-2-5-10(9)18-11/h1-2,4-5,8H,3,6-7H2,(H,16,18). The Balaban J connectivity index is 1.92. The molecule has 0 fully saturated rings. The number of fused-ring (bicyclic) bond motifs is 1. The lowest BCUT2D eigenvalue weighted by Gasteiger charge is -2.08. The molecule has 1 aromatic heterocycles. The molecule has 6 heteroatoms. The number of para-hydroxylation sites is 2. The number of nitrogens with one attached hydrogen (secondary N) is 1. The van der Waals surface area contributed by atoms with Gasteiger partial charge in [0, 0.05) is 13.0 Å². The zero-order valence-electron chi connectivity index (χ0n) is 9.54. The van der Waals surface area contributed by atoms with Crippen LogP contribution in [0.3, 0.4) is 0 Å². The molecule has 2 aromatic rings. The largest absolute Gasteiger partial charge is 0.389 e. The Labute approximate surface area is 102 Å². The minimum absolute atomic E-state index is 0.0258. The van der Waals surface area contributed by atoms with E-state index in [9.17, 15) is 13.2 Å². The fraction of sp³-hybridized carbons (Fsp3) is 0.333. The number of halogens is 3. The van der Waals surface area contributed by atoms with Crippen LogP contribution in [0.25, 0.3) is 11.0 Å². The van der Waals surface area contributed by atoms with Crippen molar-refractivity contribution >= 4 is 16.9 Å². The molecule has 0 aliphatic carbocycles. The van der Waals surface area contributed by atoms with Crippen molar-refractivity contribution in [2.24, 2.45) is 0 Å². The first-order valence-corrected chi connectivity index (χ1v) is 5.57. The van der Waals surface area contributed by atoms with Crippen molar-refractivity contribution in [2.75, 3.05) is 11.9 Å². The van der Waals surface area contributed by atoms with Gasteiger partial charge in [0.25, 0.3) is 0 Å². The Kier molecular flexibility index (Phi) is 3.64. The molecule has 0 spiro atoms. The summed E-state index contributed by atoms with van der Waals surface area (Å²) in [6, 6.07) is 7.33. The topological polar surface area (TPSA) is 37.8 Å². The van der Waals surface area contributed by atoms with E-state index in [1.54, 1.807) is 0 Å². The van der Waals surface area contributed by atoms with Gasteiger partial charge in [-0.1, -0.05) is 12.1 Å². The van der Waals surface area contributed by atoms with E-state index in [0.29, 0.717) is 5.82 Å². The number of benzene rings is 1. The van der Waals surface area contributed by atoms with Crippen LogP contribution in [0.1, 0.15) is 12.8 Å². The monoisotopic (exact) mass is 255 g/mol. The third-order valence-corrected chi connectivity index (χ3v) is 2.39. The van der Waals surface area contributed by atoms with Crippen molar-refractivity contribution in [1.29, 1.82) is 0 Å². The van der Waals surface area contributed by atoms with Crippen LogP contribution in [0.4, 0.5) is 19.0 Å². The molecule has 18 heavy (non-hydrogen) atoms. The normalized spacial score (nSPS) is 11.7. The van der Waals surface area contributed by atoms with Gasteiger partial charge in [-0.3, -0.25) is 4.98 Å². The minimum atomic E-state index is -4.10. The third kappa shape index (κ3) is 3.58. The molecule has 0 aliphatic heterocycles. The SMILES string of the molecule is FC(F)(F)CCCNc1cnc2ccccc2n1. The van der Waals surface area contributed by atoms with Crippen molar-refractivity contribution in [3.63, 3.8) is 0 Å². The summed E-state index contributed by atoms with van der Waals surface area (Å²) in [5, 5.41) is 2.84. The van der Waals surface area contributed by atoms with E-state index in [4.69, 9.17) is 0 Å². The van der Waals surface area contributed by atoms with Gasteiger partial charge in [0.1, 0.15) is 5.82 Å². The van der Waals surface area contributed by atoms with Crippen LogP contribution in [0.15, 0.2) is 30.5 Å². The Morgan fingerprint density at radius 3 is 2.56 bits per heavy atom. The van der Waals surface area contributed by atoms with Gasteiger partial charge in [-0.15, -0.1) is 0 Å². The summed E-state index contributed by atoms with van der Waals surface area (Å²) in [6.07, 6.45) is -3.34. The van der Waals surface area contributed by atoms with Gasteiger partial charge in [-0.05, 0) is 18.6 Å². The number of nitrogens with zero attached hydrogens (tertiary/aromatic N) is 2. The zero-order chi connectivity index (χ0) is 13.0. The van der Waals surface area contributed by atoms with Crippen molar-refractivity contribution in [1.82, 2.24) is 9.97 Å². The second kappa shape index (κ2) is 5.20. The fourth-order valence-electron chi connectivity index (χ4n) is 1.55. The Morgan fingerprint density at radius 2 is 1.83 bits per heavy atom. The van der Waals surface area contributed by atoms with Crippen LogP contribution >= 0.6 is 0 Å². The van der Waals surface area contributed by atoms with E-state index in [1.165, 1.54) is 6.20 Å². The van der Waals surface area contributed by atoms with E-state index in [0.717, 1.165) is 11.0 Å². The molecular formula is C12H12F3N3. The highest BCUT2D eigenvalue weighted by molar-refractivity contribution is 5.75. The molecule has 96 valence electrons. The molecular weight excluding hydrogens is 243 g/mol. The number of alkyl halides is 3. The molecule has 0 amide bonds. The first-order chi connectivity index (χ1) is 8.54. The quantitative estimate of drug-likeness (QED) is 0.851. The fourth-order valence-corrected chi connectivity index (χ4v) is 1.55. The summed E-state index contributed by atoms with van der Waals surface area (Å²) >= 11 is 0. The highest BCUT2D eigenvalue weighted by Crippen LogP contribution is 2.21. The van der Waals surface area contributed by atoms with Crippen molar-refractivity contribution in [3.05, 3.63) is 30.5 Å². The van der Waals surface area contributed by atoms with Gasteiger partial charge < -0.3 is 5.32 Å². The molecule has 0 atom stereocenters. The summed E-state index contributed by atoms with van der Waals surface area (Å²) < 4.78 is 35.8. The maximum Gasteiger partial charge on any atom is 0.389 e. The number of anilines is 1. The predicted molar refractivity (Wildman–Crippen MR) is 63.3 cm³/mol. The molecule has 2 rings (SSSR count). The molecule has 0 bridgehead atoms. The van der Waals surface area contributed by atoms with Crippen molar-refractivity contribution in [2.45, 2.75) is 19.0 Å². The predicted octanol–water partition coefficient (Wildman–Crippen LogP) is 3.38. The number of rotatable bonds is 4. The molecule has 1 aromatic carbocycles. The highest BCUT2D eigenvalue weighted by atomic mass is 19.4. The Hall–Kier alpha value is -1.85. The molecule has 0 unspecified atom stereocenters. The summed E-state index contributed by atoms with van der Waals surface area (Å²) in [5.74, 6) is 0.496. The minimum Gasteiger partial charge on any atom is -0.369 e. The summed E-state index contributed by atoms with van der Waals surface area (Å²) in [7, 11) is 0. The van der Waals surface area contributed by atoms with Crippen LogP contribution in [0.5, 0.6) is 0 Å². The second-order valence-corrected chi connectivity index (χ2v) is 3.89. The Bertz CT molecular complexity index is 525. The summed E-state index contributed by atoms with van der Waals surface area (Å²) in [5.41, 5.74) is 1.48. The molecule has 0 saturated carbocycles. The van der Waals surface area contributed by atoms with Crippen LogP contribution in [0.2, 0.25) is 0 Å². The zero-order valence-corrected chi connectivity index (χ0v) is 9.54. The van der Waals surface area contributed by atoms with Gasteiger partial charge in [-0.25, -0.2) is 4.98 Å². The van der Waals surface area contributed by atoms with Gasteiger partial charge in [-0.2, -0.15) is 13.2 Å². The third-order valence-electron chi connectivity index (χ3n) is 2.39.